The zero-order valence-corrected chi connectivity index (χ0v) is 24.1. The van der Waals surface area contributed by atoms with E-state index in [1.807, 2.05) is 30.3 Å². The maximum absolute atomic E-state index is 12.4. The van der Waals surface area contributed by atoms with Gasteiger partial charge in [0.25, 0.3) is 0 Å². The summed E-state index contributed by atoms with van der Waals surface area (Å²) in [6, 6.07) is 14.9. The van der Waals surface area contributed by atoms with Crippen LogP contribution in [0.25, 0.3) is 6.08 Å². The van der Waals surface area contributed by atoms with E-state index in [-0.39, 0.29) is 17.1 Å². The third-order valence-corrected chi connectivity index (χ3v) is 7.60. The molecule has 1 aliphatic rings. The maximum Gasteiger partial charge on any atom is 0.197 e. The highest BCUT2D eigenvalue weighted by atomic mass is 16.5. The summed E-state index contributed by atoms with van der Waals surface area (Å²) >= 11 is 0. The van der Waals surface area contributed by atoms with Gasteiger partial charge in [0, 0.05) is 11.1 Å². The predicted molar refractivity (Wildman–Crippen MR) is 164 cm³/mol. The van der Waals surface area contributed by atoms with Gasteiger partial charge in [-0.3, -0.25) is 9.59 Å². The van der Waals surface area contributed by atoms with Crippen molar-refractivity contribution in [3.8, 4) is 5.75 Å². The molecule has 0 aromatic heterocycles. The van der Waals surface area contributed by atoms with Gasteiger partial charge in [0.05, 0.1) is 12.2 Å². The summed E-state index contributed by atoms with van der Waals surface area (Å²) in [7, 11) is 0. The maximum atomic E-state index is 12.4. The summed E-state index contributed by atoms with van der Waals surface area (Å²) in [6.07, 6.45) is 27.2. The van der Waals surface area contributed by atoms with E-state index in [0.29, 0.717) is 11.1 Å². The summed E-state index contributed by atoms with van der Waals surface area (Å²) in [5.74, 6) is 0.485. The normalized spacial score (nSPS) is 12.9. The molecule has 0 fully saturated rings. The Hall–Kier alpha value is -2.94. The molecule has 39 heavy (non-hydrogen) atoms. The second kappa shape index (κ2) is 18.4. The summed E-state index contributed by atoms with van der Waals surface area (Å²) in [5, 5.41) is 0. The van der Waals surface area contributed by atoms with Crippen molar-refractivity contribution in [3.63, 3.8) is 0 Å². The van der Waals surface area contributed by atoms with Crippen molar-refractivity contribution >= 4 is 17.6 Å². The Morgan fingerprint density at radius 3 is 1.54 bits per heavy atom. The molecule has 3 nitrogen and oxygen atoms in total. The topological polar surface area (TPSA) is 43.4 Å². The van der Waals surface area contributed by atoms with E-state index < -0.39 is 0 Å². The average molecular weight is 529 g/mol. The third kappa shape index (κ3) is 11.0. The molecule has 2 aromatic carbocycles. The molecule has 0 saturated heterocycles. The SMILES string of the molecule is CCCCCCCCCCCCCCCCCCOc1ccc(/C=C/C=C2C(=O)c3ccccc3C2=O)cc1. The molecule has 0 heterocycles. The summed E-state index contributed by atoms with van der Waals surface area (Å²) < 4.78 is 5.90. The van der Waals surface area contributed by atoms with Crippen LogP contribution in [0.4, 0.5) is 0 Å². The number of hydrogen-bond acceptors (Lipinski definition) is 3. The van der Waals surface area contributed by atoms with Gasteiger partial charge in [0.1, 0.15) is 5.75 Å². The van der Waals surface area contributed by atoms with Gasteiger partial charge in [0.15, 0.2) is 11.6 Å². The number of fused-ring (bicyclic) bond motifs is 1. The highest BCUT2D eigenvalue weighted by Crippen LogP contribution is 2.26. The Kier molecular flexibility index (Phi) is 14.4. The minimum Gasteiger partial charge on any atom is -0.494 e. The fourth-order valence-electron chi connectivity index (χ4n) is 5.19. The number of carbonyl (C=O) groups excluding carboxylic acids is 2. The molecule has 0 bridgehead atoms. The van der Waals surface area contributed by atoms with Gasteiger partial charge < -0.3 is 4.74 Å². The fraction of sp³-hybridized carbons (Fsp3) is 0.500. The first-order valence-electron chi connectivity index (χ1n) is 15.5. The lowest BCUT2D eigenvalue weighted by Crippen LogP contribution is -1.99. The van der Waals surface area contributed by atoms with Crippen LogP contribution in [0.15, 0.2) is 66.3 Å². The Bertz CT molecular complexity index is 1020. The first-order valence-corrected chi connectivity index (χ1v) is 15.5. The van der Waals surface area contributed by atoms with Gasteiger partial charge >= 0.3 is 0 Å². The van der Waals surface area contributed by atoms with Crippen LogP contribution in [-0.4, -0.2) is 18.2 Å². The molecule has 0 spiro atoms. The van der Waals surface area contributed by atoms with E-state index in [1.54, 1.807) is 36.4 Å². The van der Waals surface area contributed by atoms with Crippen LogP contribution < -0.4 is 4.74 Å². The fourth-order valence-corrected chi connectivity index (χ4v) is 5.19. The number of ether oxygens (including phenoxy) is 1. The monoisotopic (exact) mass is 528 g/mol. The van der Waals surface area contributed by atoms with Gasteiger partial charge in [-0.1, -0.05) is 152 Å². The van der Waals surface area contributed by atoms with Gasteiger partial charge in [-0.05, 0) is 30.2 Å². The Balaban J connectivity index is 1.18. The lowest BCUT2D eigenvalue weighted by molar-refractivity contribution is 0.0988. The van der Waals surface area contributed by atoms with Gasteiger partial charge in [0.2, 0.25) is 0 Å². The quantitative estimate of drug-likeness (QED) is 0.0975. The number of benzene rings is 2. The van der Waals surface area contributed by atoms with Crippen molar-refractivity contribution in [1.82, 2.24) is 0 Å². The van der Waals surface area contributed by atoms with Crippen molar-refractivity contribution < 1.29 is 14.3 Å². The Morgan fingerprint density at radius 1 is 0.590 bits per heavy atom. The lowest BCUT2D eigenvalue weighted by atomic mass is 10.0. The van der Waals surface area contributed by atoms with Crippen LogP contribution in [0, 0.1) is 0 Å². The molecule has 0 aliphatic heterocycles. The second-order valence-corrected chi connectivity index (χ2v) is 10.9. The molecule has 0 amide bonds. The first kappa shape index (κ1) is 30.6. The number of hydrogen-bond donors (Lipinski definition) is 0. The number of Topliss-reactive ketones (excluding diaryl/α,β-unsaturated/α-hetero) is 2. The zero-order valence-electron chi connectivity index (χ0n) is 24.1. The van der Waals surface area contributed by atoms with Crippen LogP contribution in [0.5, 0.6) is 5.75 Å². The molecule has 3 rings (SSSR count). The highest BCUT2D eigenvalue weighted by Gasteiger charge is 2.31. The highest BCUT2D eigenvalue weighted by molar-refractivity contribution is 6.39. The van der Waals surface area contributed by atoms with E-state index in [0.717, 1.165) is 24.3 Å². The molecule has 1 aliphatic carbocycles. The van der Waals surface area contributed by atoms with Crippen LogP contribution in [0.2, 0.25) is 0 Å². The molecule has 0 unspecified atom stereocenters. The first-order chi connectivity index (χ1) is 19.2. The number of rotatable bonds is 20. The van der Waals surface area contributed by atoms with Crippen LogP contribution in [0.3, 0.4) is 0 Å². The molecule has 2 aromatic rings. The molecule has 3 heteroatoms. The molecule has 0 saturated carbocycles. The van der Waals surface area contributed by atoms with Crippen LogP contribution in [-0.2, 0) is 0 Å². The second-order valence-electron chi connectivity index (χ2n) is 10.9. The van der Waals surface area contributed by atoms with Crippen LogP contribution in [0.1, 0.15) is 136 Å². The van der Waals surface area contributed by atoms with Gasteiger partial charge in [-0.25, -0.2) is 0 Å². The minimum atomic E-state index is -0.196. The standard InChI is InChI=1S/C36H48O3/c1-2-3-4-5-6-7-8-9-10-11-12-13-14-15-16-19-29-39-31-27-25-30(26-28-31)21-20-24-34-35(37)32-22-17-18-23-33(32)36(34)38/h17-18,20-28H,2-16,19,29H2,1H3/b21-20+. The van der Waals surface area contributed by atoms with Crippen molar-refractivity contribution in [3.05, 3.63) is 82.9 Å². The number of carbonyl (C=O) groups is 2. The van der Waals surface area contributed by atoms with Crippen molar-refractivity contribution in [2.75, 3.05) is 6.61 Å². The molecule has 210 valence electrons. The van der Waals surface area contributed by atoms with Crippen LogP contribution >= 0.6 is 0 Å². The summed E-state index contributed by atoms with van der Waals surface area (Å²) in [4.78, 5) is 24.9. The van der Waals surface area contributed by atoms with E-state index in [1.165, 1.54) is 96.3 Å². The van der Waals surface area contributed by atoms with E-state index in [2.05, 4.69) is 6.92 Å². The van der Waals surface area contributed by atoms with Crippen molar-refractivity contribution in [1.29, 1.82) is 0 Å². The average Bonchev–Trinajstić information content (AvgIpc) is 3.20. The number of allylic oxidation sites excluding steroid dienone is 3. The molecule has 0 atom stereocenters. The summed E-state index contributed by atoms with van der Waals surface area (Å²) in [6.45, 7) is 3.04. The number of unbranched alkanes of at least 4 members (excludes halogenated alkanes) is 15. The Labute approximate surface area is 236 Å². The van der Waals surface area contributed by atoms with E-state index in [4.69, 9.17) is 4.74 Å². The predicted octanol–water partition coefficient (Wildman–Crippen LogP) is 10.3. The van der Waals surface area contributed by atoms with Gasteiger partial charge in [-0.15, -0.1) is 0 Å². The third-order valence-electron chi connectivity index (χ3n) is 7.60. The lowest BCUT2D eigenvalue weighted by Gasteiger charge is -2.06. The van der Waals surface area contributed by atoms with Crippen molar-refractivity contribution in [2.24, 2.45) is 0 Å². The number of ketones is 2. The summed E-state index contributed by atoms with van der Waals surface area (Å²) in [5.41, 5.74) is 2.21. The smallest absolute Gasteiger partial charge is 0.197 e. The van der Waals surface area contributed by atoms with E-state index in [9.17, 15) is 9.59 Å². The van der Waals surface area contributed by atoms with Gasteiger partial charge in [-0.2, -0.15) is 0 Å². The van der Waals surface area contributed by atoms with E-state index >= 15 is 0 Å². The Morgan fingerprint density at radius 2 is 1.05 bits per heavy atom. The molecule has 0 radical (unpaired) electrons. The molecule has 0 N–H and O–H groups in total. The molecular formula is C36H48O3. The largest absolute Gasteiger partial charge is 0.494 e. The minimum absolute atomic E-state index is 0.196. The zero-order chi connectivity index (χ0) is 27.5. The molecular weight excluding hydrogens is 480 g/mol. The van der Waals surface area contributed by atoms with Crippen molar-refractivity contribution in [2.45, 2.75) is 110 Å².